The summed E-state index contributed by atoms with van der Waals surface area (Å²) in [5.74, 6) is -0.0193. The summed E-state index contributed by atoms with van der Waals surface area (Å²) in [5, 5.41) is 11.4. The summed E-state index contributed by atoms with van der Waals surface area (Å²) in [4.78, 5) is 16.3. The van der Waals surface area contributed by atoms with Gasteiger partial charge in [-0.3, -0.25) is 9.78 Å². The molecule has 1 atom stereocenters. The molecule has 1 aliphatic carbocycles. The highest BCUT2D eigenvalue weighted by atomic mass is 35.5. The maximum Gasteiger partial charge on any atom is 0.308 e. The molecule has 0 aromatic carbocycles. The third-order valence-corrected chi connectivity index (χ3v) is 5.07. The number of halogens is 1. The van der Waals surface area contributed by atoms with E-state index in [1.807, 2.05) is 0 Å². The number of hydrogen-bond donors (Lipinski definition) is 1. The van der Waals surface area contributed by atoms with Crippen LogP contribution in [0.2, 0.25) is 5.02 Å². The molecule has 1 aromatic heterocycles. The number of aliphatic hydroxyl groups is 1. The molecule has 128 valence electrons. The predicted molar refractivity (Wildman–Crippen MR) is 90.1 cm³/mol. The monoisotopic (exact) mass is 339 g/mol. The molecular weight excluding hydrogens is 314 g/mol. The number of hydrogen-bond acceptors (Lipinski definition) is 4. The number of rotatable bonds is 6. The molecule has 5 heteroatoms. The Morgan fingerprint density at radius 3 is 2.65 bits per heavy atom. The largest absolute Gasteiger partial charge is 0.465 e. The molecule has 1 unspecified atom stereocenters. The van der Waals surface area contributed by atoms with Crippen LogP contribution in [0.15, 0.2) is 18.3 Å². The van der Waals surface area contributed by atoms with E-state index in [0.717, 1.165) is 38.5 Å². The Balaban J connectivity index is 1.90. The van der Waals surface area contributed by atoms with Crippen LogP contribution in [0.3, 0.4) is 0 Å². The normalized spacial score (nSPS) is 24.0. The second-order valence-corrected chi connectivity index (χ2v) is 7.02. The van der Waals surface area contributed by atoms with Crippen molar-refractivity contribution in [2.45, 2.75) is 58.0 Å². The van der Waals surface area contributed by atoms with Crippen molar-refractivity contribution in [1.29, 1.82) is 0 Å². The Morgan fingerprint density at radius 1 is 1.39 bits per heavy atom. The summed E-state index contributed by atoms with van der Waals surface area (Å²) < 4.78 is 5.31. The van der Waals surface area contributed by atoms with Gasteiger partial charge in [0.2, 0.25) is 0 Å². The van der Waals surface area contributed by atoms with E-state index in [1.54, 1.807) is 25.3 Å². The molecule has 1 aromatic rings. The van der Waals surface area contributed by atoms with Crippen molar-refractivity contribution < 1.29 is 14.6 Å². The molecule has 1 fully saturated rings. The summed E-state index contributed by atoms with van der Waals surface area (Å²) in [5.41, 5.74) is -0.363. The van der Waals surface area contributed by atoms with E-state index >= 15 is 0 Å². The van der Waals surface area contributed by atoms with Crippen LogP contribution in [0.25, 0.3) is 0 Å². The van der Waals surface area contributed by atoms with Crippen molar-refractivity contribution in [3.8, 4) is 0 Å². The van der Waals surface area contributed by atoms with Crippen LogP contribution in [0.5, 0.6) is 0 Å². The minimum Gasteiger partial charge on any atom is -0.465 e. The van der Waals surface area contributed by atoms with Gasteiger partial charge in [-0.1, -0.05) is 24.9 Å². The lowest BCUT2D eigenvalue weighted by Crippen LogP contribution is -2.37. The van der Waals surface area contributed by atoms with Gasteiger partial charge in [0.05, 0.1) is 23.2 Å². The van der Waals surface area contributed by atoms with E-state index in [0.29, 0.717) is 17.3 Å². The fraction of sp³-hybridized carbons (Fsp3) is 0.667. The first-order chi connectivity index (χ1) is 10.9. The molecule has 0 aliphatic heterocycles. The lowest BCUT2D eigenvalue weighted by molar-refractivity contribution is -0.151. The van der Waals surface area contributed by atoms with E-state index in [1.165, 1.54) is 0 Å². The second-order valence-electron chi connectivity index (χ2n) is 6.58. The average molecular weight is 340 g/mol. The van der Waals surface area contributed by atoms with E-state index in [2.05, 4.69) is 11.9 Å². The zero-order valence-corrected chi connectivity index (χ0v) is 14.7. The highest BCUT2D eigenvalue weighted by Crippen LogP contribution is 2.40. The van der Waals surface area contributed by atoms with Gasteiger partial charge in [0.15, 0.2) is 0 Å². The van der Waals surface area contributed by atoms with Crippen LogP contribution in [0, 0.1) is 11.8 Å². The van der Waals surface area contributed by atoms with Gasteiger partial charge in [-0.05, 0) is 57.1 Å². The maximum absolute atomic E-state index is 12.0. The van der Waals surface area contributed by atoms with Crippen molar-refractivity contribution in [3.05, 3.63) is 29.0 Å². The fourth-order valence-corrected chi connectivity index (χ4v) is 3.32. The molecule has 0 radical (unpaired) electrons. The number of pyridine rings is 1. The molecule has 23 heavy (non-hydrogen) atoms. The van der Waals surface area contributed by atoms with Gasteiger partial charge in [-0.2, -0.15) is 0 Å². The summed E-state index contributed by atoms with van der Waals surface area (Å²) in [7, 11) is 0. The number of nitrogens with zero attached hydrogens (tertiary/aromatic N) is 1. The van der Waals surface area contributed by atoms with Crippen molar-refractivity contribution in [1.82, 2.24) is 4.98 Å². The first-order valence-electron chi connectivity index (χ1n) is 8.46. The molecular formula is C18H26ClNO3. The zero-order valence-electron chi connectivity index (χ0n) is 13.9. The summed E-state index contributed by atoms with van der Waals surface area (Å²) >= 11 is 5.86. The fourth-order valence-electron chi connectivity index (χ4n) is 3.21. The lowest BCUT2D eigenvalue weighted by Gasteiger charge is -2.37. The van der Waals surface area contributed by atoms with E-state index < -0.39 is 5.60 Å². The Kier molecular flexibility index (Phi) is 6.42. The number of esters is 1. The summed E-state index contributed by atoms with van der Waals surface area (Å²) in [6.45, 7) is 4.39. The number of ether oxygens (including phenoxy) is 1. The third kappa shape index (κ3) is 4.67. The van der Waals surface area contributed by atoms with Gasteiger partial charge in [0.25, 0.3) is 0 Å². The Hall–Kier alpha value is -1.13. The highest BCUT2D eigenvalue weighted by molar-refractivity contribution is 6.30. The number of aromatic nitrogens is 1. The topological polar surface area (TPSA) is 59.4 Å². The highest BCUT2D eigenvalue weighted by Gasteiger charge is 2.39. The Morgan fingerprint density at radius 2 is 2.09 bits per heavy atom. The lowest BCUT2D eigenvalue weighted by atomic mass is 9.73. The molecule has 1 N–H and O–H groups in total. The van der Waals surface area contributed by atoms with Crippen molar-refractivity contribution >= 4 is 17.6 Å². The molecule has 0 amide bonds. The number of carbonyl (C=O) groups excluding carboxylic acids is 1. The standard InChI is InChI=1S/C18H26ClNO3/c1-3-4-11-23-17(21)13-5-7-14(8-6-13)18(2,22)16-10-9-15(19)12-20-16/h9-10,12-14,22H,3-8,11H2,1-2H3/t13-,14-,18?. The van der Waals surface area contributed by atoms with Crippen molar-refractivity contribution in [2.75, 3.05) is 6.61 Å². The smallest absolute Gasteiger partial charge is 0.308 e. The van der Waals surface area contributed by atoms with E-state index in [9.17, 15) is 9.90 Å². The third-order valence-electron chi connectivity index (χ3n) is 4.84. The molecule has 0 bridgehead atoms. The Bertz CT molecular complexity index is 508. The van der Waals surface area contributed by atoms with Crippen LogP contribution in [0.4, 0.5) is 0 Å². The second kappa shape index (κ2) is 8.11. The van der Waals surface area contributed by atoms with Crippen LogP contribution < -0.4 is 0 Å². The quantitative estimate of drug-likeness (QED) is 0.626. The minimum atomic E-state index is -0.998. The van der Waals surface area contributed by atoms with Crippen LogP contribution >= 0.6 is 11.6 Å². The molecule has 2 rings (SSSR count). The Labute approximate surface area is 143 Å². The van der Waals surface area contributed by atoms with Gasteiger partial charge in [0.1, 0.15) is 5.60 Å². The average Bonchev–Trinajstić information content (AvgIpc) is 2.55. The SMILES string of the molecule is CCCCOC(=O)[C@H]1CC[C@H](C(C)(O)c2ccc(Cl)cn2)CC1. The van der Waals surface area contributed by atoms with Crippen LogP contribution in [-0.2, 0) is 15.1 Å². The molecule has 4 nitrogen and oxygen atoms in total. The van der Waals surface area contributed by atoms with Gasteiger partial charge in [-0.15, -0.1) is 0 Å². The van der Waals surface area contributed by atoms with Gasteiger partial charge in [-0.25, -0.2) is 0 Å². The molecule has 1 aliphatic rings. The first kappa shape index (κ1) is 18.2. The summed E-state index contributed by atoms with van der Waals surface area (Å²) in [6, 6.07) is 3.52. The molecule has 1 saturated carbocycles. The molecule has 0 saturated heterocycles. The van der Waals surface area contributed by atoms with Gasteiger partial charge >= 0.3 is 5.97 Å². The first-order valence-corrected chi connectivity index (χ1v) is 8.84. The zero-order chi connectivity index (χ0) is 16.9. The summed E-state index contributed by atoms with van der Waals surface area (Å²) in [6.07, 6.45) is 6.62. The number of unbranched alkanes of at least 4 members (excludes halogenated alkanes) is 1. The van der Waals surface area contributed by atoms with Gasteiger partial charge in [0, 0.05) is 6.20 Å². The molecule has 1 heterocycles. The van der Waals surface area contributed by atoms with E-state index in [4.69, 9.17) is 16.3 Å². The van der Waals surface area contributed by atoms with Crippen LogP contribution in [-0.4, -0.2) is 22.7 Å². The maximum atomic E-state index is 12.0. The van der Waals surface area contributed by atoms with E-state index in [-0.39, 0.29) is 17.8 Å². The van der Waals surface area contributed by atoms with Crippen LogP contribution in [0.1, 0.15) is 58.1 Å². The van der Waals surface area contributed by atoms with Crippen molar-refractivity contribution in [3.63, 3.8) is 0 Å². The minimum absolute atomic E-state index is 0.0305. The number of carbonyl (C=O) groups is 1. The molecule has 0 spiro atoms. The van der Waals surface area contributed by atoms with Gasteiger partial charge < -0.3 is 9.84 Å². The predicted octanol–water partition coefficient (Wildman–Crippen LogP) is 4.09. The van der Waals surface area contributed by atoms with Crippen molar-refractivity contribution in [2.24, 2.45) is 11.8 Å².